The van der Waals surface area contributed by atoms with Gasteiger partial charge in [-0.05, 0) is 61.2 Å². The fourth-order valence-corrected chi connectivity index (χ4v) is 5.24. The highest BCUT2D eigenvalue weighted by atomic mass is 32.2. The number of carbonyl (C=O) groups is 1. The molecule has 0 aliphatic carbocycles. The lowest BCUT2D eigenvalue weighted by Gasteiger charge is -2.40. The van der Waals surface area contributed by atoms with Crippen LogP contribution in [-0.2, 0) is 13.0 Å². The fraction of sp³-hybridized carbons (Fsp3) is 0.240. The molecule has 1 aliphatic heterocycles. The molecular formula is C25H25NO3S. The van der Waals surface area contributed by atoms with Gasteiger partial charge >= 0.3 is 5.97 Å². The van der Waals surface area contributed by atoms with Crippen molar-refractivity contribution >= 4 is 23.4 Å². The van der Waals surface area contributed by atoms with E-state index in [4.69, 9.17) is 5.11 Å². The third-order valence-electron chi connectivity index (χ3n) is 5.58. The summed E-state index contributed by atoms with van der Waals surface area (Å²) >= 11 is 1.68. The van der Waals surface area contributed by atoms with Gasteiger partial charge in [-0.15, -0.1) is 11.8 Å². The number of aryl methyl sites for hydroxylation is 2. The Labute approximate surface area is 181 Å². The van der Waals surface area contributed by atoms with Gasteiger partial charge in [0.25, 0.3) is 0 Å². The summed E-state index contributed by atoms with van der Waals surface area (Å²) in [5, 5.41) is 20.4. The minimum Gasteiger partial charge on any atom is -0.478 e. The number of hydrogen-bond donors (Lipinski definition) is 2. The van der Waals surface area contributed by atoms with Crippen LogP contribution in [0.2, 0.25) is 0 Å². The van der Waals surface area contributed by atoms with Crippen LogP contribution in [0.4, 0.5) is 5.69 Å². The first-order valence-electron chi connectivity index (χ1n) is 10.0. The number of aliphatic hydroxyl groups is 1. The largest absolute Gasteiger partial charge is 0.478 e. The van der Waals surface area contributed by atoms with Crippen molar-refractivity contribution in [2.24, 2.45) is 0 Å². The van der Waals surface area contributed by atoms with E-state index >= 15 is 0 Å². The number of carboxylic acid groups (broad SMARTS) is 1. The molecular weight excluding hydrogens is 394 g/mol. The molecule has 4 rings (SSSR count). The van der Waals surface area contributed by atoms with Gasteiger partial charge in [0.1, 0.15) is 6.23 Å². The number of carboxylic acids is 1. The van der Waals surface area contributed by atoms with Gasteiger partial charge in [0.2, 0.25) is 0 Å². The molecule has 0 aromatic heterocycles. The number of anilines is 1. The van der Waals surface area contributed by atoms with Crippen LogP contribution in [0.1, 0.15) is 32.6 Å². The van der Waals surface area contributed by atoms with Gasteiger partial charge < -0.3 is 15.1 Å². The molecule has 4 nitrogen and oxygen atoms in total. The molecule has 2 N–H and O–H groups in total. The van der Waals surface area contributed by atoms with Gasteiger partial charge in [-0.2, -0.15) is 0 Å². The molecule has 3 aromatic rings. The number of aromatic carboxylic acids is 1. The smallest absolute Gasteiger partial charge is 0.335 e. The molecule has 3 aromatic carbocycles. The van der Waals surface area contributed by atoms with Gasteiger partial charge in [0, 0.05) is 11.4 Å². The second-order valence-electron chi connectivity index (χ2n) is 7.80. The van der Waals surface area contributed by atoms with Gasteiger partial charge in [-0.1, -0.05) is 48.0 Å². The number of nitrogens with zero attached hydrogens (tertiary/aromatic N) is 1. The van der Waals surface area contributed by atoms with E-state index in [1.165, 1.54) is 16.7 Å². The van der Waals surface area contributed by atoms with Crippen molar-refractivity contribution in [3.63, 3.8) is 0 Å². The highest BCUT2D eigenvalue weighted by Crippen LogP contribution is 2.42. The first-order chi connectivity index (χ1) is 14.4. The summed E-state index contributed by atoms with van der Waals surface area (Å²) in [4.78, 5) is 14.3. The molecule has 154 valence electrons. The summed E-state index contributed by atoms with van der Waals surface area (Å²) in [6.45, 7) is 4.84. The van der Waals surface area contributed by atoms with Gasteiger partial charge in [0.05, 0.1) is 16.5 Å². The van der Waals surface area contributed by atoms with Crippen molar-refractivity contribution in [3.05, 3.63) is 94.5 Å². The van der Waals surface area contributed by atoms with Crippen LogP contribution in [0.15, 0.2) is 71.6 Å². The third-order valence-corrected chi connectivity index (χ3v) is 6.89. The van der Waals surface area contributed by atoms with E-state index in [0.29, 0.717) is 13.0 Å². The summed E-state index contributed by atoms with van der Waals surface area (Å²) in [5.74, 6) is -0.929. The SMILES string of the molecule is Cc1ccc(CN2c3ccccc3SC(Cc3ccc(C(=O)O)cc3)C2O)c(C)c1. The quantitative estimate of drug-likeness (QED) is 0.606. The van der Waals surface area contributed by atoms with Crippen LogP contribution in [0.3, 0.4) is 0 Å². The first kappa shape index (κ1) is 20.5. The monoisotopic (exact) mass is 419 g/mol. The van der Waals surface area contributed by atoms with Crippen LogP contribution >= 0.6 is 11.8 Å². The summed E-state index contributed by atoms with van der Waals surface area (Å²) < 4.78 is 0. The Morgan fingerprint density at radius 2 is 1.77 bits per heavy atom. The van der Waals surface area contributed by atoms with E-state index in [9.17, 15) is 9.90 Å². The molecule has 2 atom stereocenters. The van der Waals surface area contributed by atoms with E-state index in [1.807, 2.05) is 24.3 Å². The molecule has 0 saturated heterocycles. The topological polar surface area (TPSA) is 60.8 Å². The van der Waals surface area contributed by atoms with Crippen molar-refractivity contribution in [1.29, 1.82) is 0 Å². The summed E-state index contributed by atoms with van der Waals surface area (Å²) in [5.41, 5.74) is 5.99. The zero-order chi connectivity index (χ0) is 21.3. The Bertz CT molecular complexity index is 1060. The zero-order valence-electron chi connectivity index (χ0n) is 17.1. The molecule has 0 fully saturated rings. The fourth-order valence-electron chi connectivity index (χ4n) is 3.91. The molecule has 5 heteroatoms. The van der Waals surface area contributed by atoms with Gasteiger partial charge in [-0.3, -0.25) is 0 Å². The first-order valence-corrected chi connectivity index (χ1v) is 10.9. The number of hydrogen-bond acceptors (Lipinski definition) is 4. The molecule has 30 heavy (non-hydrogen) atoms. The van der Waals surface area contributed by atoms with Gasteiger partial charge in [-0.25, -0.2) is 4.79 Å². The number of thioether (sulfide) groups is 1. The average Bonchev–Trinajstić information content (AvgIpc) is 2.73. The number of fused-ring (bicyclic) bond motifs is 1. The minimum atomic E-state index is -0.929. The maximum atomic E-state index is 11.3. The predicted molar refractivity (Wildman–Crippen MR) is 121 cm³/mol. The Balaban J connectivity index is 1.62. The highest BCUT2D eigenvalue weighted by Gasteiger charge is 2.33. The van der Waals surface area contributed by atoms with Crippen molar-refractivity contribution in [1.82, 2.24) is 0 Å². The molecule has 0 spiro atoms. The zero-order valence-corrected chi connectivity index (χ0v) is 17.9. The number of benzene rings is 3. The van der Waals surface area contributed by atoms with Crippen LogP contribution in [-0.4, -0.2) is 27.7 Å². The van der Waals surface area contributed by atoms with Crippen LogP contribution < -0.4 is 4.90 Å². The maximum absolute atomic E-state index is 11.3. The molecule has 0 bridgehead atoms. The van der Waals surface area contributed by atoms with Crippen LogP contribution in [0, 0.1) is 13.8 Å². The molecule has 1 aliphatic rings. The van der Waals surface area contributed by atoms with Crippen LogP contribution in [0.25, 0.3) is 0 Å². The number of para-hydroxylation sites is 1. The second kappa shape index (κ2) is 8.54. The number of rotatable bonds is 5. The minimum absolute atomic E-state index is 0.0543. The highest BCUT2D eigenvalue weighted by molar-refractivity contribution is 8.00. The lowest BCUT2D eigenvalue weighted by atomic mass is 10.0. The Morgan fingerprint density at radius 3 is 2.47 bits per heavy atom. The van der Waals surface area contributed by atoms with E-state index in [-0.39, 0.29) is 10.8 Å². The van der Waals surface area contributed by atoms with E-state index in [0.717, 1.165) is 16.1 Å². The lowest BCUT2D eigenvalue weighted by Crippen LogP contribution is -2.45. The normalized spacial score (nSPS) is 18.2. The second-order valence-corrected chi connectivity index (χ2v) is 9.08. The van der Waals surface area contributed by atoms with Gasteiger partial charge in [0.15, 0.2) is 0 Å². The third kappa shape index (κ3) is 4.23. The van der Waals surface area contributed by atoms with Crippen molar-refractivity contribution in [2.45, 2.75) is 43.2 Å². The van der Waals surface area contributed by atoms with Crippen molar-refractivity contribution in [2.75, 3.05) is 4.90 Å². The van der Waals surface area contributed by atoms with Crippen molar-refractivity contribution < 1.29 is 15.0 Å². The Morgan fingerprint density at radius 1 is 1.03 bits per heavy atom. The average molecular weight is 420 g/mol. The summed E-state index contributed by atoms with van der Waals surface area (Å²) in [7, 11) is 0. The molecule has 0 saturated carbocycles. The standard InChI is InChI=1S/C25H25NO3S/c1-16-7-10-20(17(2)13-16)15-26-21-5-3-4-6-22(21)30-23(24(26)27)14-18-8-11-19(12-9-18)25(28)29/h3-13,23-24,27H,14-15H2,1-2H3,(H,28,29). The molecule has 2 unspecified atom stereocenters. The number of aliphatic hydroxyl groups excluding tert-OH is 1. The Kier molecular flexibility index (Phi) is 5.84. The molecule has 1 heterocycles. The van der Waals surface area contributed by atoms with Crippen LogP contribution in [0.5, 0.6) is 0 Å². The summed E-state index contributed by atoms with van der Waals surface area (Å²) in [6.07, 6.45) is 0.00782. The van der Waals surface area contributed by atoms with E-state index in [1.54, 1.807) is 23.9 Å². The Hall–Kier alpha value is -2.76. The van der Waals surface area contributed by atoms with E-state index in [2.05, 4.69) is 49.1 Å². The lowest BCUT2D eigenvalue weighted by molar-refractivity contribution is 0.0697. The predicted octanol–water partition coefficient (Wildman–Crippen LogP) is 5.04. The maximum Gasteiger partial charge on any atom is 0.335 e. The molecule has 0 amide bonds. The van der Waals surface area contributed by atoms with Crippen molar-refractivity contribution in [3.8, 4) is 0 Å². The van der Waals surface area contributed by atoms with E-state index < -0.39 is 12.2 Å². The molecule has 0 radical (unpaired) electrons. The summed E-state index contributed by atoms with van der Waals surface area (Å²) in [6, 6.07) is 21.5.